The van der Waals surface area contributed by atoms with Crippen LogP contribution in [0, 0.1) is 5.82 Å². The van der Waals surface area contributed by atoms with Crippen molar-refractivity contribution in [2.75, 3.05) is 5.32 Å². The molecular formula is C21H22BClFN3O3. The maximum Gasteiger partial charge on any atom is 0.494 e. The summed E-state index contributed by atoms with van der Waals surface area (Å²) in [6, 6.07) is 12.2. The fourth-order valence-corrected chi connectivity index (χ4v) is 3.23. The zero-order chi connectivity index (χ0) is 21.5. The standard InChI is InChI=1S/C21H22BClFN3O3/c1-20(2)21(3,4)30-22(29-20)15-9-8-14(17(24)11-15)12-25-19-27-26-18(28-19)13-6-5-7-16(23)10-13/h5-11H,12H2,1-4H3,(H,25,27). The first-order valence-corrected chi connectivity index (χ1v) is 10.00. The fraction of sp³-hybridized carbons (Fsp3) is 0.333. The van der Waals surface area contributed by atoms with Gasteiger partial charge in [0.05, 0.1) is 11.2 Å². The monoisotopic (exact) mass is 429 g/mol. The van der Waals surface area contributed by atoms with Crippen LogP contribution in [-0.4, -0.2) is 28.5 Å². The van der Waals surface area contributed by atoms with Gasteiger partial charge in [0.1, 0.15) is 5.82 Å². The van der Waals surface area contributed by atoms with E-state index in [0.29, 0.717) is 27.5 Å². The van der Waals surface area contributed by atoms with E-state index in [-0.39, 0.29) is 18.4 Å². The Labute approximate surface area is 179 Å². The van der Waals surface area contributed by atoms with Crippen LogP contribution in [0.2, 0.25) is 5.02 Å². The van der Waals surface area contributed by atoms with Gasteiger partial charge in [-0.25, -0.2) is 4.39 Å². The van der Waals surface area contributed by atoms with Crippen molar-refractivity contribution in [3.05, 3.63) is 58.9 Å². The average Bonchev–Trinajstić information content (AvgIpc) is 3.23. The molecule has 2 heterocycles. The number of hydrogen-bond acceptors (Lipinski definition) is 6. The first-order chi connectivity index (χ1) is 14.1. The van der Waals surface area contributed by atoms with E-state index in [1.165, 1.54) is 6.07 Å². The van der Waals surface area contributed by atoms with E-state index >= 15 is 0 Å². The highest BCUT2D eigenvalue weighted by molar-refractivity contribution is 6.62. The SMILES string of the molecule is CC1(C)OB(c2ccc(CNc3nnc(-c4cccc(Cl)c4)o3)c(F)c2)OC1(C)C. The van der Waals surface area contributed by atoms with E-state index in [2.05, 4.69) is 15.5 Å². The van der Waals surface area contributed by atoms with E-state index in [0.717, 1.165) is 0 Å². The zero-order valence-electron chi connectivity index (χ0n) is 17.2. The Morgan fingerprint density at radius 3 is 2.43 bits per heavy atom. The lowest BCUT2D eigenvalue weighted by Crippen LogP contribution is -2.41. The Bertz CT molecular complexity index is 1060. The largest absolute Gasteiger partial charge is 0.494 e. The van der Waals surface area contributed by atoms with Gasteiger partial charge in [0.25, 0.3) is 0 Å². The molecule has 0 saturated carbocycles. The van der Waals surface area contributed by atoms with E-state index in [9.17, 15) is 4.39 Å². The minimum absolute atomic E-state index is 0.187. The van der Waals surface area contributed by atoms with Gasteiger partial charge < -0.3 is 19.0 Å². The Morgan fingerprint density at radius 2 is 1.77 bits per heavy atom. The lowest BCUT2D eigenvalue weighted by Gasteiger charge is -2.32. The van der Waals surface area contributed by atoms with Crippen molar-refractivity contribution in [2.24, 2.45) is 0 Å². The second-order valence-electron chi connectivity index (χ2n) is 8.22. The molecule has 1 saturated heterocycles. The van der Waals surface area contributed by atoms with Crippen molar-refractivity contribution < 1.29 is 18.1 Å². The lowest BCUT2D eigenvalue weighted by molar-refractivity contribution is 0.00578. The molecule has 9 heteroatoms. The van der Waals surface area contributed by atoms with Gasteiger partial charge in [0.15, 0.2) is 0 Å². The molecule has 1 N–H and O–H groups in total. The molecule has 0 amide bonds. The number of halogens is 2. The summed E-state index contributed by atoms with van der Waals surface area (Å²) in [7, 11) is -0.609. The number of anilines is 1. The zero-order valence-corrected chi connectivity index (χ0v) is 18.0. The van der Waals surface area contributed by atoms with Crippen LogP contribution in [0.5, 0.6) is 0 Å². The lowest BCUT2D eigenvalue weighted by atomic mass is 9.78. The van der Waals surface area contributed by atoms with E-state index in [1.807, 2.05) is 33.8 Å². The molecule has 4 rings (SSSR count). The van der Waals surface area contributed by atoms with Crippen molar-refractivity contribution in [1.82, 2.24) is 10.2 Å². The summed E-state index contributed by atoms with van der Waals surface area (Å²) in [6.45, 7) is 8.04. The summed E-state index contributed by atoms with van der Waals surface area (Å²) in [5.74, 6) is -0.0409. The maximum atomic E-state index is 14.7. The second-order valence-corrected chi connectivity index (χ2v) is 8.65. The second kappa shape index (κ2) is 7.69. The van der Waals surface area contributed by atoms with Crippen LogP contribution in [0.3, 0.4) is 0 Å². The number of nitrogens with one attached hydrogen (secondary N) is 1. The van der Waals surface area contributed by atoms with Crippen LogP contribution < -0.4 is 10.8 Å². The van der Waals surface area contributed by atoms with Crippen LogP contribution in [0.25, 0.3) is 11.5 Å². The molecule has 1 aliphatic rings. The fourth-order valence-electron chi connectivity index (χ4n) is 3.04. The van der Waals surface area contributed by atoms with Crippen LogP contribution in [0.1, 0.15) is 33.3 Å². The molecule has 0 spiro atoms. The smallest absolute Gasteiger partial charge is 0.403 e. The van der Waals surface area contributed by atoms with Gasteiger partial charge in [0.2, 0.25) is 5.89 Å². The van der Waals surface area contributed by atoms with Gasteiger partial charge in [-0.15, -0.1) is 5.10 Å². The maximum absolute atomic E-state index is 14.7. The van der Waals surface area contributed by atoms with Crippen LogP contribution in [-0.2, 0) is 15.9 Å². The van der Waals surface area contributed by atoms with Crippen LogP contribution in [0.15, 0.2) is 46.9 Å². The van der Waals surface area contributed by atoms with Crippen LogP contribution >= 0.6 is 11.6 Å². The van der Waals surface area contributed by atoms with Gasteiger partial charge in [-0.1, -0.05) is 34.9 Å². The highest BCUT2D eigenvalue weighted by Crippen LogP contribution is 2.36. The Hall–Kier alpha value is -2.42. The summed E-state index contributed by atoms with van der Waals surface area (Å²) in [6.07, 6.45) is 0. The topological polar surface area (TPSA) is 69.4 Å². The minimum Gasteiger partial charge on any atom is -0.403 e. The number of rotatable bonds is 5. The average molecular weight is 430 g/mol. The summed E-state index contributed by atoms with van der Waals surface area (Å²) >= 11 is 5.99. The van der Waals surface area contributed by atoms with E-state index < -0.39 is 18.3 Å². The Balaban J connectivity index is 1.43. The predicted molar refractivity (Wildman–Crippen MR) is 114 cm³/mol. The summed E-state index contributed by atoms with van der Waals surface area (Å²) in [5, 5.41) is 11.5. The van der Waals surface area contributed by atoms with Crippen molar-refractivity contribution in [2.45, 2.75) is 45.4 Å². The first kappa shape index (κ1) is 20.8. The molecule has 1 fully saturated rings. The minimum atomic E-state index is -0.609. The van der Waals surface area contributed by atoms with Crippen LogP contribution in [0.4, 0.5) is 10.4 Å². The Kier molecular flexibility index (Phi) is 5.34. The third-order valence-corrected chi connectivity index (χ3v) is 5.76. The highest BCUT2D eigenvalue weighted by atomic mass is 35.5. The highest BCUT2D eigenvalue weighted by Gasteiger charge is 2.51. The van der Waals surface area contributed by atoms with Gasteiger partial charge in [0, 0.05) is 22.7 Å². The van der Waals surface area contributed by atoms with Gasteiger partial charge >= 0.3 is 13.1 Å². The number of aromatic nitrogens is 2. The molecule has 6 nitrogen and oxygen atoms in total. The predicted octanol–water partition coefficient (Wildman–Crippen LogP) is 4.44. The molecule has 0 aliphatic carbocycles. The Morgan fingerprint density at radius 1 is 1.03 bits per heavy atom. The summed E-state index contributed by atoms with van der Waals surface area (Å²) < 4.78 is 32.2. The number of hydrogen-bond donors (Lipinski definition) is 1. The molecular weight excluding hydrogens is 408 g/mol. The van der Waals surface area contributed by atoms with E-state index in [4.69, 9.17) is 25.3 Å². The van der Waals surface area contributed by atoms with Crippen molar-refractivity contribution in [3.8, 4) is 11.5 Å². The molecule has 156 valence electrons. The van der Waals surface area contributed by atoms with Gasteiger partial charge in [-0.2, -0.15) is 0 Å². The summed E-state index contributed by atoms with van der Waals surface area (Å²) in [5.41, 5.74) is 0.842. The number of nitrogens with zero attached hydrogens (tertiary/aromatic N) is 2. The first-order valence-electron chi connectivity index (χ1n) is 9.62. The van der Waals surface area contributed by atoms with Gasteiger partial charge in [-0.3, -0.25) is 0 Å². The molecule has 1 aliphatic heterocycles. The van der Waals surface area contributed by atoms with Gasteiger partial charge in [-0.05, 0) is 57.4 Å². The molecule has 30 heavy (non-hydrogen) atoms. The molecule has 0 radical (unpaired) electrons. The van der Waals surface area contributed by atoms with E-state index in [1.54, 1.807) is 30.3 Å². The van der Waals surface area contributed by atoms with Crippen molar-refractivity contribution in [1.29, 1.82) is 0 Å². The van der Waals surface area contributed by atoms with Crippen molar-refractivity contribution in [3.63, 3.8) is 0 Å². The summed E-state index contributed by atoms with van der Waals surface area (Å²) in [4.78, 5) is 0. The normalized spacial score (nSPS) is 17.3. The number of benzene rings is 2. The molecule has 0 bridgehead atoms. The molecule has 1 aromatic heterocycles. The molecule has 0 unspecified atom stereocenters. The quantitative estimate of drug-likeness (QED) is 0.605. The van der Waals surface area contributed by atoms with Crippen molar-refractivity contribution >= 4 is 30.2 Å². The third kappa shape index (κ3) is 4.08. The molecule has 3 aromatic rings. The third-order valence-electron chi connectivity index (χ3n) is 5.53. The molecule has 2 aromatic carbocycles. The molecule has 0 atom stereocenters.